The van der Waals surface area contributed by atoms with Gasteiger partial charge in [-0.2, -0.15) is 10.1 Å². The van der Waals surface area contributed by atoms with E-state index in [-0.39, 0.29) is 11.6 Å². The molecule has 0 aliphatic carbocycles. The Morgan fingerprint density at radius 2 is 1.95 bits per heavy atom. The van der Waals surface area contributed by atoms with Crippen LogP contribution in [-0.2, 0) is 23.4 Å². The average Bonchev–Trinajstić information content (AvgIpc) is 3.03. The van der Waals surface area contributed by atoms with Crippen LogP contribution < -0.4 is 21.0 Å². The summed E-state index contributed by atoms with van der Waals surface area (Å²) >= 11 is 0. The van der Waals surface area contributed by atoms with Gasteiger partial charge in [0.2, 0.25) is 6.23 Å². The third-order valence-electron chi connectivity index (χ3n) is 5.93. The first-order valence-corrected chi connectivity index (χ1v) is 13.2. The molecular formula is C23H31F2N4O8P. The highest BCUT2D eigenvalue weighted by Gasteiger charge is 2.68. The molecule has 12 nitrogen and oxygen atoms in total. The number of aromatic nitrogens is 2. The van der Waals surface area contributed by atoms with Gasteiger partial charge in [0, 0.05) is 6.20 Å². The Morgan fingerprint density at radius 3 is 2.53 bits per heavy atom. The number of hydrogen-bond acceptors (Lipinski definition) is 10. The highest BCUT2D eigenvalue weighted by Crippen LogP contribution is 2.56. The third kappa shape index (κ3) is 6.21. The van der Waals surface area contributed by atoms with Crippen molar-refractivity contribution in [3.63, 3.8) is 0 Å². The molecular weight excluding hydrogens is 529 g/mol. The second-order valence-electron chi connectivity index (χ2n) is 9.25. The topological polar surface area (TPSA) is 164 Å². The smallest absolute Gasteiger partial charge is 0.459 e. The minimum Gasteiger partial charge on any atom is -0.462 e. The number of nitrogens with zero attached hydrogens (tertiary/aromatic N) is 2. The van der Waals surface area contributed by atoms with E-state index in [4.69, 9.17) is 24.3 Å². The van der Waals surface area contributed by atoms with E-state index in [0.29, 0.717) is 4.57 Å². The van der Waals surface area contributed by atoms with Gasteiger partial charge in [-0.3, -0.25) is 13.9 Å². The summed E-state index contributed by atoms with van der Waals surface area (Å²) in [5, 5.41) is 12.4. The predicted molar refractivity (Wildman–Crippen MR) is 131 cm³/mol. The number of anilines is 1. The van der Waals surface area contributed by atoms with Gasteiger partial charge in [0.15, 0.2) is 0 Å². The maximum atomic E-state index is 15.5. The van der Waals surface area contributed by atoms with Gasteiger partial charge >= 0.3 is 25.3 Å². The van der Waals surface area contributed by atoms with Gasteiger partial charge in [0.05, 0.1) is 30.8 Å². The zero-order chi connectivity index (χ0) is 28.3. The summed E-state index contributed by atoms with van der Waals surface area (Å²) in [4.78, 5) is 28.0. The summed E-state index contributed by atoms with van der Waals surface area (Å²) in [6.45, 7) is 3.82. The zero-order valence-electron chi connectivity index (χ0n) is 21.2. The van der Waals surface area contributed by atoms with Gasteiger partial charge in [0.1, 0.15) is 17.6 Å². The van der Waals surface area contributed by atoms with Crippen LogP contribution in [0.3, 0.4) is 0 Å². The van der Waals surface area contributed by atoms with Gasteiger partial charge in [0.25, 0.3) is 0 Å². The highest BCUT2D eigenvalue weighted by atomic mass is 31.2. The van der Waals surface area contributed by atoms with Gasteiger partial charge in [-0.1, -0.05) is 18.2 Å². The van der Waals surface area contributed by atoms with Crippen LogP contribution in [0.5, 0.6) is 5.75 Å². The van der Waals surface area contributed by atoms with Crippen molar-refractivity contribution >= 4 is 19.5 Å². The molecule has 1 fully saturated rings. The molecule has 0 saturated carbocycles. The first kappa shape index (κ1) is 29.7. The third-order valence-corrected chi connectivity index (χ3v) is 7.57. The molecule has 0 spiro atoms. The molecule has 2 aromatic rings. The molecule has 4 N–H and O–H groups in total. The van der Waals surface area contributed by atoms with E-state index in [1.54, 1.807) is 32.0 Å². The van der Waals surface area contributed by atoms with Crippen LogP contribution in [0, 0.1) is 5.41 Å². The van der Waals surface area contributed by atoms with Crippen LogP contribution in [0.2, 0.25) is 0 Å². The van der Waals surface area contributed by atoms with Gasteiger partial charge < -0.3 is 24.8 Å². The van der Waals surface area contributed by atoms with Gasteiger partial charge in [-0.05, 0) is 45.9 Å². The minimum absolute atomic E-state index is 0.104. The Hall–Kier alpha value is -2.90. The number of alkyl halides is 2. The monoisotopic (exact) mass is 560 g/mol. The summed E-state index contributed by atoms with van der Waals surface area (Å²) < 4.78 is 66.9. The lowest BCUT2D eigenvalue weighted by molar-refractivity contribution is -0.154. The van der Waals surface area contributed by atoms with E-state index < -0.39 is 68.4 Å². The summed E-state index contributed by atoms with van der Waals surface area (Å²) in [7, 11) is -4.42. The maximum absolute atomic E-state index is 15.5. The Labute approximate surface area is 217 Å². The second kappa shape index (κ2) is 11.5. The fourth-order valence-corrected chi connectivity index (χ4v) is 5.15. The summed E-state index contributed by atoms with van der Waals surface area (Å²) in [5.41, 5.74) is 2.08. The minimum atomic E-state index is -4.42. The fraction of sp³-hybridized carbons (Fsp3) is 0.522. The Kier molecular flexibility index (Phi) is 8.94. The molecule has 15 heteroatoms. The van der Waals surface area contributed by atoms with Crippen LogP contribution in [0.15, 0.2) is 47.4 Å². The normalized spacial score (nSPS) is 25.1. The number of ether oxygens (including phenoxy) is 2. The number of nitrogens with one attached hydrogen (secondary N) is 1. The van der Waals surface area contributed by atoms with Crippen LogP contribution in [0.25, 0.3) is 0 Å². The number of aliphatic hydroxyl groups excluding tert-OH is 1. The molecule has 1 unspecified atom stereocenters. The molecule has 0 radical (unpaired) electrons. The van der Waals surface area contributed by atoms with E-state index in [2.05, 4.69) is 10.1 Å². The lowest BCUT2D eigenvalue weighted by atomic mass is 9.80. The summed E-state index contributed by atoms with van der Waals surface area (Å²) in [5.74, 6) is -4.62. The number of halogens is 2. The largest absolute Gasteiger partial charge is 0.462 e. The quantitative estimate of drug-likeness (QED) is 0.273. The number of hydrogen-bond donors (Lipinski definition) is 3. The van der Waals surface area contributed by atoms with Crippen LogP contribution in [-0.4, -0.2) is 58.0 Å². The van der Waals surface area contributed by atoms with E-state index in [9.17, 15) is 19.3 Å². The fourth-order valence-electron chi connectivity index (χ4n) is 3.66. The van der Waals surface area contributed by atoms with Crippen LogP contribution in [0.1, 0.15) is 33.9 Å². The van der Waals surface area contributed by atoms with Crippen molar-refractivity contribution in [3.05, 3.63) is 53.1 Å². The van der Waals surface area contributed by atoms with E-state index >= 15 is 8.78 Å². The number of nitrogen functional groups attached to an aromatic ring is 1. The number of nitrogens with two attached hydrogens (primary N) is 1. The van der Waals surface area contributed by atoms with E-state index in [1.807, 2.05) is 0 Å². The summed E-state index contributed by atoms with van der Waals surface area (Å²) in [6.07, 6.45) is -3.21. The highest BCUT2D eigenvalue weighted by molar-refractivity contribution is 7.52. The zero-order valence-corrected chi connectivity index (χ0v) is 22.1. The molecule has 2 heterocycles. The Bertz CT molecular complexity index is 1230. The van der Waals surface area contributed by atoms with Crippen molar-refractivity contribution in [2.24, 2.45) is 5.41 Å². The lowest BCUT2D eigenvalue weighted by Crippen LogP contribution is -2.48. The number of esters is 1. The second-order valence-corrected chi connectivity index (χ2v) is 10.9. The number of benzene rings is 1. The average molecular weight is 560 g/mol. The Morgan fingerprint density at radius 1 is 1.29 bits per heavy atom. The van der Waals surface area contributed by atoms with Crippen molar-refractivity contribution in [2.45, 2.75) is 58.1 Å². The molecule has 1 saturated heterocycles. The van der Waals surface area contributed by atoms with E-state index in [0.717, 1.165) is 19.2 Å². The molecule has 0 amide bonds. The molecule has 1 aliphatic heterocycles. The maximum Gasteiger partial charge on any atom is 0.459 e. The number of aliphatic hydroxyl groups is 1. The number of carbonyl (C=O) groups excluding carboxylic acids is 1. The molecule has 1 aliphatic rings. The van der Waals surface area contributed by atoms with Crippen molar-refractivity contribution in [3.8, 4) is 5.75 Å². The standard InChI is InChI=1S/C23H31F2N4O8P/c1-14(2)35-19(31)15(3)28-38(33,37-16-8-6-5-7-9-16)34-12-17-22(4,13-30)23(24,25)20(36-17)29-11-10-18(26)27-21(29)32/h5-11,14-15,17,20,30H,12-13H2,1-4H3,(H,28,33)(H2,26,27,32)/t15-,17+,20+,22+,38?/m0/s1. The molecule has 210 valence electrons. The predicted octanol–water partition coefficient (Wildman–Crippen LogP) is 2.49. The van der Waals surface area contributed by atoms with Crippen LogP contribution >= 0.6 is 7.75 Å². The first-order valence-electron chi connectivity index (χ1n) is 11.7. The van der Waals surface area contributed by atoms with Crippen molar-refractivity contribution in [2.75, 3.05) is 18.9 Å². The lowest BCUT2D eigenvalue weighted by Gasteiger charge is -2.33. The number of para-hydroxylation sites is 1. The first-order chi connectivity index (χ1) is 17.7. The van der Waals surface area contributed by atoms with Gasteiger partial charge in [-0.25, -0.2) is 18.1 Å². The molecule has 5 atom stereocenters. The van der Waals surface area contributed by atoms with Crippen molar-refractivity contribution < 1.29 is 41.8 Å². The SMILES string of the molecule is CC(C)OC(=O)[C@H](C)NP(=O)(OC[C@H]1O[C@@H](n2ccc(N)nc2=O)C(F)(F)[C@]1(C)CO)Oc1ccccc1. The number of rotatable bonds is 11. The van der Waals surface area contributed by atoms with E-state index in [1.165, 1.54) is 19.1 Å². The van der Waals surface area contributed by atoms with Crippen molar-refractivity contribution in [1.82, 2.24) is 14.6 Å². The number of carbonyl (C=O) groups is 1. The molecule has 38 heavy (non-hydrogen) atoms. The van der Waals surface area contributed by atoms with Crippen LogP contribution in [0.4, 0.5) is 14.6 Å². The molecule has 1 aromatic heterocycles. The molecule has 0 bridgehead atoms. The Balaban J connectivity index is 1.88. The molecule has 3 rings (SSSR count). The summed E-state index contributed by atoms with van der Waals surface area (Å²) in [6, 6.07) is 7.81. The van der Waals surface area contributed by atoms with Crippen molar-refractivity contribution in [1.29, 1.82) is 0 Å². The molecule has 1 aromatic carbocycles. The van der Waals surface area contributed by atoms with Gasteiger partial charge in [-0.15, -0.1) is 0 Å².